The zero-order chi connectivity index (χ0) is 22.9. The summed E-state index contributed by atoms with van der Waals surface area (Å²) in [7, 11) is 4.51. The van der Waals surface area contributed by atoms with E-state index in [2.05, 4.69) is 14.1 Å². The van der Waals surface area contributed by atoms with E-state index in [9.17, 15) is 10.2 Å². The molecule has 0 bridgehead atoms. The van der Waals surface area contributed by atoms with E-state index >= 15 is 0 Å². The number of hydrogen-bond donors (Lipinski definition) is 2. The van der Waals surface area contributed by atoms with E-state index in [-0.39, 0.29) is 0 Å². The number of aliphatic hydroxyl groups excluding tert-OH is 2. The molecule has 2 fully saturated rings. The third kappa shape index (κ3) is 8.54. The molecule has 3 rings (SSSR count). The van der Waals surface area contributed by atoms with Crippen LogP contribution in [0.2, 0.25) is 0 Å². The number of benzene rings is 1. The Labute approximate surface area is 194 Å². The zero-order valence-electron chi connectivity index (χ0n) is 20.4. The lowest BCUT2D eigenvalue weighted by Gasteiger charge is -2.35. The van der Waals surface area contributed by atoms with Gasteiger partial charge in [0.25, 0.3) is 0 Å². The van der Waals surface area contributed by atoms with Crippen molar-refractivity contribution in [2.75, 3.05) is 66.6 Å². The first-order valence-corrected chi connectivity index (χ1v) is 12.7. The highest BCUT2D eigenvalue weighted by atomic mass is 16.5. The zero-order valence-corrected chi connectivity index (χ0v) is 20.4. The van der Waals surface area contributed by atoms with Crippen LogP contribution in [0.15, 0.2) is 24.3 Å². The van der Waals surface area contributed by atoms with Gasteiger partial charge in [0.15, 0.2) is 0 Å². The maximum absolute atomic E-state index is 10.5. The third-order valence-electron chi connectivity index (χ3n) is 7.30. The van der Waals surface area contributed by atoms with Crippen molar-refractivity contribution in [3.63, 3.8) is 0 Å². The van der Waals surface area contributed by atoms with Gasteiger partial charge in [-0.1, -0.05) is 0 Å². The lowest BCUT2D eigenvalue weighted by Crippen LogP contribution is -2.50. The molecule has 6 nitrogen and oxygen atoms in total. The van der Waals surface area contributed by atoms with E-state index in [4.69, 9.17) is 9.47 Å². The van der Waals surface area contributed by atoms with Crippen molar-refractivity contribution in [2.24, 2.45) is 0 Å². The molecular weight excluding hydrogens is 404 g/mol. The fourth-order valence-electron chi connectivity index (χ4n) is 5.41. The first kappa shape index (κ1) is 25.3. The van der Waals surface area contributed by atoms with Crippen molar-refractivity contribution in [1.82, 2.24) is 0 Å². The summed E-state index contributed by atoms with van der Waals surface area (Å²) in [6, 6.07) is 7.50. The number of likely N-dealkylation sites (N-methyl/N-ethyl adjacent to an activating group) is 2. The molecular formula is C26H46N2O4+2. The van der Waals surface area contributed by atoms with Gasteiger partial charge >= 0.3 is 0 Å². The highest BCUT2D eigenvalue weighted by Crippen LogP contribution is 2.21. The van der Waals surface area contributed by atoms with Crippen molar-refractivity contribution in [3.05, 3.63) is 24.3 Å². The van der Waals surface area contributed by atoms with Gasteiger partial charge in [0.05, 0.1) is 40.3 Å². The molecule has 2 N–H and O–H groups in total. The summed E-state index contributed by atoms with van der Waals surface area (Å²) >= 11 is 0. The average molecular weight is 451 g/mol. The van der Waals surface area contributed by atoms with Crippen LogP contribution in [0.25, 0.3) is 0 Å². The molecule has 2 aliphatic heterocycles. The number of rotatable bonds is 10. The maximum atomic E-state index is 10.5. The fraction of sp³-hybridized carbons (Fsp3) is 0.769. The Morgan fingerprint density at radius 2 is 0.938 bits per heavy atom. The molecule has 2 aliphatic rings. The summed E-state index contributed by atoms with van der Waals surface area (Å²) in [5.74, 6) is 1.47. The first-order chi connectivity index (χ1) is 15.4. The van der Waals surface area contributed by atoms with Crippen molar-refractivity contribution >= 4 is 0 Å². The molecule has 0 radical (unpaired) electrons. The summed E-state index contributed by atoms with van der Waals surface area (Å²) in [5.41, 5.74) is 0. The number of quaternary nitrogens is 2. The van der Waals surface area contributed by atoms with E-state index < -0.39 is 12.2 Å². The minimum absolute atomic E-state index is 0.309. The predicted molar refractivity (Wildman–Crippen MR) is 128 cm³/mol. The minimum atomic E-state index is -0.465. The van der Waals surface area contributed by atoms with Crippen LogP contribution in [-0.2, 0) is 0 Å². The molecule has 2 unspecified atom stereocenters. The van der Waals surface area contributed by atoms with Crippen LogP contribution in [0, 0.1) is 0 Å². The summed E-state index contributed by atoms with van der Waals surface area (Å²) in [4.78, 5) is 0. The maximum Gasteiger partial charge on any atom is 0.137 e. The second-order valence-electron chi connectivity index (χ2n) is 10.7. The van der Waals surface area contributed by atoms with Crippen molar-refractivity contribution in [3.8, 4) is 11.5 Å². The first-order valence-electron chi connectivity index (χ1n) is 12.7. The monoisotopic (exact) mass is 450 g/mol. The average Bonchev–Trinajstić information content (AvgIpc) is 3.11. The Balaban J connectivity index is 1.38. The van der Waals surface area contributed by atoms with Gasteiger partial charge in [-0.15, -0.1) is 0 Å². The van der Waals surface area contributed by atoms with Gasteiger partial charge in [-0.3, -0.25) is 0 Å². The summed E-state index contributed by atoms with van der Waals surface area (Å²) in [5, 5.41) is 21.0. The quantitative estimate of drug-likeness (QED) is 0.538. The standard InChI is InChI=1S/C26H46N2O4/c1-27(15-7-3-4-8-16-27)19-23(29)21-31-25-11-13-26(14-12-25)32-22-24(30)20-28(2)17-9-5-6-10-18-28/h11-14,23-24,29-30H,3-10,15-22H2,1-2H3/q+2. The van der Waals surface area contributed by atoms with Gasteiger partial charge < -0.3 is 28.7 Å². The molecule has 0 saturated carbocycles. The molecule has 1 aromatic rings. The van der Waals surface area contributed by atoms with Crippen molar-refractivity contribution in [1.29, 1.82) is 0 Å². The molecule has 1 aromatic carbocycles. The molecule has 2 saturated heterocycles. The molecule has 0 aliphatic carbocycles. The van der Waals surface area contributed by atoms with E-state index in [1.807, 2.05) is 24.3 Å². The summed E-state index contributed by atoms with van der Waals surface area (Å²) in [6.45, 7) is 6.69. The predicted octanol–water partition coefficient (Wildman–Crippen LogP) is 3.21. The molecule has 182 valence electrons. The molecule has 0 spiro atoms. The number of hydrogen-bond acceptors (Lipinski definition) is 4. The Morgan fingerprint density at radius 1 is 0.625 bits per heavy atom. The van der Waals surface area contributed by atoms with Gasteiger partial charge in [0.1, 0.15) is 50.0 Å². The van der Waals surface area contributed by atoms with Gasteiger partial charge in [-0.2, -0.15) is 0 Å². The van der Waals surface area contributed by atoms with E-state index in [0.717, 1.165) is 59.7 Å². The van der Waals surface area contributed by atoms with Crippen molar-refractivity contribution < 1.29 is 28.7 Å². The lowest BCUT2D eigenvalue weighted by atomic mass is 10.2. The number of ether oxygens (including phenoxy) is 2. The van der Waals surface area contributed by atoms with Gasteiger partial charge in [0, 0.05) is 0 Å². The smallest absolute Gasteiger partial charge is 0.137 e. The van der Waals surface area contributed by atoms with Crippen LogP contribution in [0.3, 0.4) is 0 Å². The normalized spacial score (nSPS) is 22.9. The van der Waals surface area contributed by atoms with Gasteiger partial charge in [-0.25, -0.2) is 0 Å². The summed E-state index contributed by atoms with van der Waals surface area (Å²) < 4.78 is 13.5. The van der Waals surface area contributed by atoms with Crippen LogP contribution in [0.4, 0.5) is 0 Å². The van der Waals surface area contributed by atoms with E-state index in [1.54, 1.807) is 0 Å². The van der Waals surface area contributed by atoms with Crippen LogP contribution >= 0.6 is 0 Å². The molecule has 6 heteroatoms. The Hall–Kier alpha value is -1.34. The minimum Gasteiger partial charge on any atom is -0.491 e. The summed E-state index contributed by atoms with van der Waals surface area (Å²) in [6.07, 6.45) is 9.30. The molecule has 2 heterocycles. The third-order valence-corrected chi connectivity index (χ3v) is 7.30. The fourth-order valence-corrected chi connectivity index (χ4v) is 5.41. The topological polar surface area (TPSA) is 58.9 Å². The number of nitrogens with zero attached hydrogens (tertiary/aromatic N) is 2. The van der Waals surface area contributed by atoms with Crippen LogP contribution in [0.1, 0.15) is 51.4 Å². The van der Waals surface area contributed by atoms with Crippen LogP contribution in [-0.4, -0.2) is 98.0 Å². The van der Waals surface area contributed by atoms with Crippen LogP contribution < -0.4 is 9.47 Å². The Kier molecular flexibility index (Phi) is 9.65. The molecule has 32 heavy (non-hydrogen) atoms. The molecule has 2 atom stereocenters. The highest BCUT2D eigenvalue weighted by molar-refractivity contribution is 5.31. The molecule has 0 amide bonds. The van der Waals surface area contributed by atoms with E-state index in [0.29, 0.717) is 13.2 Å². The van der Waals surface area contributed by atoms with Crippen LogP contribution in [0.5, 0.6) is 11.5 Å². The Morgan fingerprint density at radius 3 is 1.25 bits per heavy atom. The highest BCUT2D eigenvalue weighted by Gasteiger charge is 2.28. The van der Waals surface area contributed by atoms with E-state index in [1.165, 1.54) is 51.4 Å². The second kappa shape index (κ2) is 12.2. The SMILES string of the molecule is C[N+]1(CC(O)COc2ccc(OCC(O)C[N+]3(C)CCCCCC3)cc2)CCCCCC1. The number of aliphatic hydroxyl groups is 2. The van der Waals surface area contributed by atoms with Gasteiger partial charge in [-0.05, 0) is 75.6 Å². The second-order valence-corrected chi connectivity index (χ2v) is 10.7. The lowest BCUT2D eigenvalue weighted by molar-refractivity contribution is -0.911. The molecule has 0 aromatic heterocycles. The number of likely N-dealkylation sites (tertiary alicyclic amines) is 2. The van der Waals surface area contributed by atoms with Gasteiger partial charge in [0.2, 0.25) is 0 Å². The Bertz CT molecular complexity index is 593. The largest absolute Gasteiger partial charge is 0.491 e. The van der Waals surface area contributed by atoms with Crippen molar-refractivity contribution in [2.45, 2.75) is 63.6 Å².